The molecule has 0 nitrogen and oxygen atoms in total. The standard InChI is InChI=1S/C8H13Si.3C6H13.Pt/c1-9(2,3)8-6-4-5-7-8;3*1-3-5-6-4-2;/h4-7H,1-3H3;3*1,3-6H2,2H3;/q4*-1;+4. The van der Waals surface area contributed by atoms with E-state index in [1.807, 2.05) is 0 Å². The first-order valence-corrected chi connectivity index (χ1v) is 14.9. The van der Waals surface area contributed by atoms with Gasteiger partial charge in [0.1, 0.15) is 0 Å². The van der Waals surface area contributed by atoms with Crippen LogP contribution in [0.15, 0.2) is 24.3 Å². The maximum Gasteiger partial charge on any atom is 4.00 e. The van der Waals surface area contributed by atoms with Crippen molar-refractivity contribution in [1.82, 2.24) is 0 Å². The van der Waals surface area contributed by atoms with Crippen LogP contribution in [-0.2, 0) is 21.1 Å². The molecule has 0 aliphatic carbocycles. The van der Waals surface area contributed by atoms with Gasteiger partial charge in [-0.05, 0) is 0 Å². The van der Waals surface area contributed by atoms with Crippen LogP contribution in [0.3, 0.4) is 0 Å². The molecule has 0 saturated heterocycles. The molecule has 0 unspecified atom stereocenters. The van der Waals surface area contributed by atoms with Crippen molar-refractivity contribution in [3.05, 3.63) is 45.0 Å². The maximum absolute atomic E-state index is 3.72. The third-order valence-corrected chi connectivity index (χ3v) is 6.15. The van der Waals surface area contributed by atoms with Gasteiger partial charge in [0.25, 0.3) is 0 Å². The zero-order chi connectivity index (χ0) is 21.4. The Hall–Kier alpha value is 0.255. The van der Waals surface area contributed by atoms with Crippen molar-refractivity contribution in [2.75, 3.05) is 0 Å². The minimum absolute atomic E-state index is 0. The molecule has 1 aromatic rings. The molecule has 0 atom stereocenters. The molecule has 0 N–H and O–H groups in total. The van der Waals surface area contributed by atoms with Gasteiger partial charge >= 0.3 is 21.1 Å². The van der Waals surface area contributed by atoms with E-state index in [4.69, 9.17) is 0 Å². The van der Waals surface area contributed by atoms with E-state index in [1.54, 1.807) is 5.19 Å². The molecule has 0 fully saturated rings. The summed E-state index contributed by atoms with van der Waals surface area (Å²) in [6.45, 7) is 24.9. The molecule has 0 spiro atoms. The second-order valence-corrected chi connectivity index (χ2v) is 13.2. The fourth-order valence-electron chi connectivity index (χ4n) is 2.15. The van der Waals surface area contributed by atoms with Crippen molar-refractivity contribution in [3.63, 3.8) is 0 Å². The van der Waals surface area contributed by atoms with E-state index in [9.17, 15) is 0 Å². The summed E-state index contributed by atoms with van der Waals surface area (Å²) in [4.78, 5) is 0. The second-order valence-electron chi connectivity index (χ2n) is 8.11. The first kappa shape index (κ1) is 35.7. The SMILES string of the molecule is C[Si](C)(C)[c-]1cccc1.[CH2-]CCCCC.[CH2-]CCCCC.[CH2-]CCCCC.[Pt+4]. The van der Waals surface area contributed by atoms with Gasteiger partial charge < -0.3 is 20.8 Å². The Morgan fingerprint density at radius 1 is 0.607 bits per heavy atom. The number of rotatable bonds is 10. The van der Waals surface area contributed by atoms with E-state index >= 15 is 0 Å². The average molecular weight is 588 g/mol. The van der Waals surface area contributed by atoms with E-state index in [0.717, 1.165) is 19.3 Å². The average Bonchev–Trinajstić information content (AvgIpc) is 3.20. The number of unbranched alkanes of at least 4 members (excludes halogenated alkanes) is 9. The van der Waals surface area contributed by atoms with Crippen molar-refractivity contribution in [2.24, 2.45) is 0 Å². The van der Waals surface area contributed by atoms with Crippen molar-refractivity contribution in [3.8, 4) is 0 Å². The van der Waals surface area contributed by atoms with Gasteiger partial charge in [-0.25, -0.2) is 12.1 Å². The molecule has 0 amide bonds. The van der Waals surface area contributed by atoms with Crippen LogP contribution in [-0.4, -0.2) is 8.07 Å². The number of hydrogen-bond donors (Lipinski definition) is 0. The zero-order valence-electron chi connectivity index (χ0n) is 20.2. The molecule has 2 heteroatoms. The molecule has 0 radical (unpaired) electrons. The molecule has 0 aromatic heterocycles. The summed E-state index contributed by atoms with van der Waals surface area (Å²) in [5.41, 5.74) is 0. The summed E-state index contributed by atoms with van der Waals surface area (Å²) < 4.78 is 0. The summed E-state index contributed by atoms with van der Waals surface area (Å²) in [6.07, 6.45) is 15.2. The predicted molar refractivity (Wildman–Crippen MR) is 134 cm³/mol. The minimum Gasteiger partial charge on any atom is -0.343 e. The van der Waals surface area contributed by atoms with Crippen molar-refractivity contribution in [2.45, 2.75) is 117 Å². The Bertz CT molecular complexity index is 294. The van der Waals surface area contributed by atoms with Gasteiger partial charge in [0.15, 0.2) is 0 Å². The summed E-state index contributed by atoms with van der Waals surface area (Å²) in [7, 11) is -0.981. The van der Waals surface area contributed by atoms with Gasteiger partial charge in [-0.15, -0.1) is 0 Å². The van der Waals surface area contributed by atoms with E-state index < -0.39 is 8.07 Å². The van der Waals surface area contributed by atoms with Crippen LogP contribution in [0, 0.1) is 20.8 Å². The largest absolute Gasteiger partial charge is 4.00 e. The predicted octanol–water partition coefficient (Wildman–Crippen LogP) is 9.15. The quantitative estimate of drug-likeness (QED) is 0.145. The van der Waals surface area contributed by atoms with Gasteiger partial charge in [0.2, 0.25) is 0 Å². The van der Waals surface area contributed by atoms with Crippen LogP contribution in [0.25, 0.3) is 0 Å². The third kappa shape index (κ3) is 33.8. The molecule has 0 heterocycles. The molecule has 28 heavy (non-hydrogen) atoms. The van der Waals surface area contributed by atoms with Crippen molar-refractivity contribution < 1.29 is 21.1 Å². The van der Waals surface area contributed by atoms with E-state index in [2.05, 4.69) is 85.4 Å². The van der Waals surface area contributed by atoms with E-state index in [1.165, 1.54) is 57.8 Å². The van der Waals surface area contributed by atoms with Crippen molar-refractivity contribution >= 4 is 13.3 Å². The molecule has 1 aromatic carbocycles. The minimum atomic E-state index is -0.981. The maximum atomic E-state index is 3.72. The van der Waals surface area contributed by atoms with Crippen LogP contribution in [0.2, 0.25) is 19.6 Å². The summed E-state index contributed by atoms with van der Waals surface area (Å²) in [5.74, 6) is 0. The molecule has 0 saturated carbocycles. The Kier molecular flexibility index (Phi) is 37.5. The number of hydrogen-bond acceptors (Lipinski definition) is 0. The zero-order valence-corrected chi connectivity index (χ0v) is 23.5. The first-order chi connectivity index (χ1) is 12.8. The Morgan fingerprint density at radius 3 is 1.00 bits per heavy atom. The van der Waals surface area contributed by atoms with Crippen molar-refractivity contribution in [1.29, 1.82) is 0 Å². The van der Waals surface area contributed by atoms with E-state index in [-0.39, 0.29) is 21.1 Å². The third-order valence-electron chi connectivity index (χ3n) is 4.09. The van der Waals surface area contributed by atoms with Crippen LogP contribution in [0.1, 0.15) is 97.8 Å². The van der Waals surface area contributed by atoms with Gasteiger partial charge in [0.05, 0.1) is 0 Å². The van der Waals surface area contributed by atoms with Gasteiger partial charge in [-0.1, -0.05) is 98.2 Å². The van der Waals surface area contributed by atoms with Gasteiger partial charge in [0, 0.05) is 8.07 Å². The van der Waals surface area contributed by atoms with Crippen LogP contribution < -0.4 is 5.19 Å². The summed E-state index contributed by atoms with van der Waals surface area (Å²) in [5, 5.41) is 1.56. The molecule has 0 bridgehead atoms. The summed E-state index contributed by atoms with van der Waals surface area (Å²) in [6, 6.07) is 8.69. The molecular weight excluding hydrogens is 535 g/mol. The smallest absolute Gasteiger partial charge is 0.343 e. The molecule has 0 aliphatic rings. The summed E-state index contributed by atoms with van der Waals surface area (Å²) >= 11 is 0. The molecule has 0 aliphatic heterocycles. The first-order valence-electron chi connectivity index (χ1n) is 11.4. The molecular formula is C26H52PtSi. The van der Waals surface area contributed by atoms with Gasteiger partial charge in [-0.2, -0.15) is 36.6 Å². The normalized spacial score (nSPS) is 9.61. The topological polar surface area (TPSA) is 0 Å². The van der Waals surface area contributed by atoms with Crippen LogP contribution in [0.5, 0.6) is 0 Å². The van der Waals surface area contributed by atoms with Crippen LogP contribution in [0.4, 0.5) is 0 Å². The fourth-order valence-corrected chi connectivity index (χ4v) is 3.35. The monoisotopic (exact) mass is 587 g/mol. The Balaban J connectivity index is -0.000000139. The van der Waals surface area contributed by atoms with E-state index in [0.29, 0.717) is 0 Å². The Morgan fingerprint density at radius 2 is 0.893 bits per heavy atom. The van der Waals surface area contributed by atoms with Gasteiger partial charge in [-0.3, -0.25) is 0 Å². The second kappa shape index (κ2) is 29.5. The molecule has 1 rings (SSSR count). The molecule has 170 valence electrons. The Labute approximate surface area is 196 Å². The fraction of sp³-hybridized carbons (Fsp3) is 0.692. The van der Waals surface area contributed by atoms with Crippen LogP contribution >= 0.6 is 0 Å².